The van der Waals surface area contributed by atoms with Gasteiger partial charge in [-0.05, 0) is 53.6 Å². The smallest absolute Gasteiger partial charge is 0.276 e. The fraction of sp³-hybridized carbons (Fsp3) is 0.0370. The lowest BCUT2D eigenvalue weighted by molar-refractivity contribution is 0.102. The maximum atomic E-state index is 13.0. The first kappa shape index (κ1) is 20.0. The number of fused-ring (bicyclic) bond motifs is 1. The molecule has 0 atom stereocenters. The Bertz CT molecular complexity index is 1450. The fourth-order valence-electron chi connectivity index (χ4n) is 3.78. The lowest BCUT2D eigenvalue weighted by Crippen LogP contribution is -2.13. The van der Waals surface area contributed by atoms with E-state index in [0.29, 0.717) is 16.4 Å². The number of aryl methyl sites for hydroxylation is 1. The van der Waals surface area contributed by atoms with Crippen LogP contribution in [0.25, 0.3) is 27.7 Å². The van der Waals surface area contributed by atoms with E-state index in [-0.39, 0.29) is 5.91 Å². The van der Waals surface area contributed by atoms with Crippen LogP contribution in [0, 0.1) is 6.92 Å². The van der Waals surface area contributed by atoms with Crippen molar-refractivity contribution < 1.29 is 4.79 Å². The van der Waals surface area contributed by atoms with Crippen molar-refractivity contribution >= 4 is 34.0 Å². The van der Waals surface area contributed by atoms with Crippen LogP contribution in [0.4, 0.5) is 5.69 Å². The third-order valence-corrected chi connectivity index (χ3v) is 5.78. The van der Waals surface area contributed by atoms with E-state index in [1.54, 1.807) is 12.1 Å². The minimum Gasteiger partial charge on any atom is -0.319 e. The summed E-state index contributed by atoms with van der Waals surface area (Å²) in [5.41, 5.74) is 4.68. The van der Waals surface area contributed by atoms with Crippen molar-refractivity contribution in [2.24, 2.45) is 0 Å². The molecule has 0 spiro atoms. The summed E-state index contributed by atoms with van der Waals surface area (Å²) in [6.07, 6.45) is 0. The summed E-state index contributed by atoms with van der Waals surface area (Å²) in [5.74, 6) is -0.313. The van der Waals surface area contributed by atoms with Crippen LogP contribution >= 0.6 is 11.6 Å². The summed E-state index contributed by atoms with van der Waals surface area (Å²) in [6.45, 7) is 2.03. The van der Waals surface area contributed by atoms with Crippen molar-refractivity contribution in [3.63, 3.8) is 0 Å². The van der Waals surface area contributed by atoms with Crippen LogP contribution < -0.4 is 5.32 Å². The van der Waals surface area contributed by atoms with E-state index in [1.807, 2.05) is 66.2 Å². The highest BCUT2D eigenvalue weighted by Crippen LogP contribution is 2.29. The first-order valence-corrected chi connectivity index (χ1v) is 10.7. The number of anilines is 1. The predicted octanol–water partition coefficient (Wildman–Crippen LogP) is 6.91. The standard InChI is InChI=1S/C27H20ClN3O/c1-18-8-2-7-13-25(18)31-26(21-15-14-19-9-3-4-10-20(19)16-21)17-24(30-31)27(32)29-23-12-6-5-11-22(23)28/h2-17H,1H3,(H,29,32). The zero-order chi connectivity index (χ0) is 22.1. The zero-order valence-electron chi connectivity index (χ0n) is 17.4. The molecular weight excluding hydrogens is 418 g/mol. The second kappa shape index (κ2) is 8.33. The van der Waals surface area contributed by atoms with Gasteiger partial charge in [0, 0.05) is 5.56 Å². The predicted molar refractivity (Wildman–Crippen MR) is 131 cm³/mol. The third kappa shape index (κ3) is 3.77. The molecule has 0 bridgehead atoms. The van der Waals surface area contributed by atoms with E-state index < -0.39 is 0 Å². The molecule has 32 heavy (non-hydrogen) atoms. The van der Waals surface area contributed by atoms with E-state index in [4.69, 9.17) is 11.6 Å². The normalized spacial score (nSPS) is 10.9. The van der Waals surface area contributed by atoms with Crippen molar-refractivity contribution in [2.75, 3.05) is 5.32 Å². The van der Waals surface area contributed by atoms with Crippen molar-refractivity contribution in [3.05, 3.63) is 113 Å². The number of nitrogens with one attached hydrogen (secondary N) is 1. The van der Waals surface area contributed by atoms with Crippen LogP contribution in [0.15, 0.2) is 97.1 Å². The highest BCUT2D eigenvalue weighted by molar-refractivity contribution is 6.33. The second-order valence-corrected chi connectivity index (χ2v) is 8.02. The molecule has 4 nitrogen and oxygen atoms in total. The average Bonchev–Trinajstić information content (AvgIpc) is 3.26. The van der Waals surface area contributed by atoms with Crippen molar-refractivity contribution in [3.8, 4) is 16.9 Å². The number of amides is 1. The van der Waals surface area contributed by atoms with Gasteiger partial charge < -0.3 is 5.32 Å². The number of halogens is 1. The van der Waals surface area contributed by atoms with Gasteiger partial charge >= 0.3 is 0 Å². The number of carbonyl (C=O) groups is 1. The molecule has 1 N–H and O–H groups in total. The van der Waals surface area contributed by atoms with Crippen LogP contribution in [0.5, 0.6) is 0 Å². The van der Waals surface area contributed by atoms with Gasteiger partial charge in [0.2, 0.25) is 0 Å². The second-order valence-electron chi connectivity index (χ2n) is 7.61. The molecule has 0 saturated heterocycles. The summed E-state index contributed by atoms with van der Waals surface area (Å²) in [5, 5.41) is 10.3. The van der Waals surface area contributed by atoms with Gasteiger partial charge in [-0.3, -0.25) is 4.79 Å². The summed E-state index contributed by atoms with van der Waals surface area (Å²) < 4.78 is 1.83. The number of hydrogen-bond acceptors (Lipinski definition) is 2. The fourth-order valence-corrected chi connectivity index (χ4v) is 3.96. The van der Waals surface area contributed by atoms with Gasteiger partial charge in [0.25, 0.3) is 5.91 Å². The molecule has 5 aromatic rings. The molecule has 0 aliphatic heterocycles. The lowest BCUT2D eigenvalue weighted by Gasteiger charge is -2.11. The number of benzene rings is 4. The van der Waals surface area contributed by atoms with E-state index >= 15 is 0 Å². The Morgan fingerprint density at radius 3 is 2.38 bits per heavy atom. The highest BCUT2D eigenvalue weighted by Gasteiger charge is 2.18. The molecule has 156 valence electrons. The van der Waals surface area contributed by atoms with Crippen molar-refractivity contribution in [2.45, 2.75) is 6.92 Å². The average molecular weight is 438 g/mol. The first-order valence-electron chi connectivity index (χ1n) is 10.3. The quantitative estimate of drug-likeness (QED) is 0.332. The Hall–Kier alpha value is -3.89. The minimum absolute atomic E-state index is 0.313. The molecular formula is C27H20ClN3O. The van der Waals surface area contributed by atoms with Gasteiger partial charge in [-0.25, -0.2) is 4.68 Å². The molecule has 5 heteroatoms. The zero-order valence-corrected chi connectivity index (χ0v) is 18.2. The van der Waals surface area contributed by atoms with Crippen LogP contribution in [0.3, 0.4) is 0 Å². The lowest BCUT2D eigenvalue weighted by atomic mass is 10.0. The molecule has 0 fully saturated rings. The molecule has 0 saturated carbocycles. The SMILES string of the molecule is Cc1ccccc1-n1nc(C(=O)Nc2ccccc2Cl)cc1-c1ccc2ccccc2c1. The molecule has 1 aromatic heterocycles. The van der Waals surface area contributed by atoms with Gasteiger partial charge in [0.15, 0.2) is 5.69 Å². The van der Waals surface area contributed by atoms with Gasteiger partial charge in [-0.1, -0.05) is 78.3 Å². The Morgan fingerprint density at radius 1 is 0.844 bits per heavy atom. The molecule has 5 rings (SSSR count). The van der Waals surface area contributed by atoms with Gasteiger partial charge in [-0.2, -0.15) is 5.10 Å². The van der Waals surface area contributed by atoms with Crippen LogP contribution in [-0.2, 0) is 0 Å². The molecule has 1 heterocycles. The molecule has 0 aliphatic rings. The Morgan fingerprint density at radius 2 is 1.56 bits per heavy atom. The topological polar surface area (TPSA) is 46.9 Å². The van der Waals surface area contributed by atoms with Crippen LogP contribution in [-0.4, -0.2) is 15.7 Å². The van der Waals surface area contributed by atoms with E-state index in [9.17, 15) is 4.79 Å². The number of carbonyl (C=O) groups excluding carboxylic acids is 1. The van der Waals surface area contributed by atoms with Gasteiger partial charge in [-0.15, -0.1) is 0 Å². The van der Waals surface area contributed by atoms with Crippen LogP contribution in [0.1, 0.15) is 16.1 Å². The minimum atomic E-state index is -0.313. The number of nitrogens with zero attached hydrogens (tertiary/aromatic N) is 2. The first-order chi connectivity index (χ1) is 15.6. The van der Waals surface area contributed by atoms with E-state index in [0.717, 1.165) is 33.3 Å². The van der Waals surface area contributed by atoms with Crippen LogP contribution in [0.2, 0.25) is 5.02 Å². The van der Waals surface area contributed by atoms with Crippen molar-refractivity contribution in [1.82, 2.24) is 9.78 Å². The maximum Gasteiger partial charge on any atom is 0.276 e. The molecule has 0 radical (unpaired) electrons. The van der Waals surface area contributed by atoms with Crippen molar-refractivity contribution in [1.29, 1.82) is 0 Å². The highest BCUT2D eigenvalue weighted by atomic mass is 35.5. The maximum absolute atomic E-state index is 13.0. The number of hydrogen-bond donors (Lipinski definition) is 1. The van der Waals surface area contributed by atoms with Gasteiger partial charge in [0.05, 0.1) is 22.1 Å². The monoisotopic (exact) mass is 437 g/mol. The van der Waals surface area contributed by atoms with Gasteiger partial charge in [0.1, 0.15) is 0 Å². The Labute approximate surface area is 191 Å². The molecule has 0 unspecified atom stereocenters. The molecule has 1 amide bonds. The number of para-hydroxylation sites is 2. The summed E-state index contributed by atoms with van der Waals surface area (Å²) >= 11 is 6.22. The van der Waals surface area contributed by atoms with E-state index in [2.05, 4.69) is 40.7 Å². The van der Waals surface area contributed by atoms with E-state index in [1.165, 1.54) is 0 Å². The Balaban J connectivity index is 1.63. The summed E-state index contributed by atoms with van der Waals surface area (Å²) in [6, 6.07) is 31.5. The third-order valence-electron chi connectivity index (χ3n) is 5.45. The molecule has 0 aliphatic carbocycles. The summed E-state index contributed by atoms with van der Waals surface area (Å²) in [7, 11) is 0. The largest absolute Gasteiger partial charge is 0.319 e. The number of rotatable bonds is 4. The Kier molecular flexibility index (Phi) is 5.21. The number of aromatic nitrogens is 2. The summed E-state index contributed by atoms with van der Waals surface area (Å²) in [4.78, 5) is 13.0. The molecule has 4 aromatic carbocycles.